The van der Waals surface area contributed by atoms with E-state index in [0.717, 1.165) is 11.3 Å². The molecule has 2 aromatic carbocycles. The smallest absolute Gasteiger partial charge is 0.258 e. The van der Waals surface area contributed by atoms with Crippen molar-refractivity contribution >= 4 is 5.91 Å². The first-order valence-electron chi connectivity index (χ1n) is 8.00. The molecule has 0 aromatic heterocycles. The molecule has 0 aliphatic heterocycles. The molecule has 0 saturated heterocycles. The summed E-state index contributed by atoms with van der Waals surface area (Å²) in [6.07, 6.45) is 0. The number of para-hydroxylation sites is 2. The number of hydrogen-bond donors (Lipinski definition) is 1. The first-order chi connectivity index (χ1) is 11.7. The van der Waals surface area contributed by atoms with Crippen molar-refractivity contribution in [1.29, 1.82) is 0 Å². The molecule has 0 radical (unpaired) electrons. The first kappa shape index (κ1) is 17.7. The third-order valence-corrected chi connectivity index (χ3v) is 3.19. The van der Waals surface area contributed by atoms with Gasteiger partial charge in [-0.1, -0.05) is 24.3 Å². The molecule has 0 aliphatic carbocycles. The second-order valence-electron chi connectivity index (χ2n) is 5.18. The van der Waals surface area contributed by atoms with Crippen LogP contribution in [0.2, 0.25) is 0 Å². The van der Waals surface area contributed by atoms with E-state index in [4.69, 9.17) is 14.2 Å². The van der Waals surface area contributed by atoms with Crippen molar-refractivity contribution in [2.75, 3.05) is 26.4 Å². The highest BCUT2D eigenvalue weighted by molar-refractivity contribution is 5.77. The quantitative estimate of drug-likeness (QED) is 0.719. The number of amides is 1. The fourth-order valence-electron chi connectivity index (χ4n) is 2.10. The zero-order valence-corrected chi connectivity index (χ0v) is 14.1. The maximum Gasteiger partial charge on any atom is 0.258 e. The third kappa shape index (κ3) is 5.83. The lowest BCUT2D eigenvalue weighted by molar-refractivity contribution is -0.123. The molecule has 1 N–H and O–H groups in total. The molecule has 2 rings (SSSR count). The van der Waals surface area contributed by atoms with E-state index in [1.807, 2.05) is 56.3 Å². The molecule has 24 heavy (non-hydrogen) atoms. The number of ether oxygens (including phenoxy) is 3. The Morgan fingerprint density at radius 2 is 1.75 bits per heavy atom. The zero-order chi connectivity index (χ0) is 17.2. The van der Waals surface area contributed by atoms with Crippen molar-refractivity contribution in [1.82, 2.24) is 5.32 Å². The largest absolute Gasteiger partial charge is 0.492 e. The second kappa shape index (κ2) is 9.45. The van der Waals surface area contributed by atoms with Crippen LogP contribution in [-0.4, -0.2) is 32.3 Å². The minimum atomic E-state index is -0.200. The number of benzene rings is 2. The molecule has 128 valence electrons. The highest BCUT2D eigenvalue weighted by Crippen LogP contribution is 2.26. The predicted octanol–water partition coefficient (Wildman–Crippen LogP) is 2.97. The number of aryl methyl sites for hydroxylation is 1. The maximum atomic E-state index is 11.8. The van der Waals surface area contributed by atoms with Crippen LogP contribution in [0.15, 0.2) is 48.5 Å². The van der Waals surface area contributed by atoms with Crippen LogP contribution >= 0.6 is 0 Å². The molecule has 0 saturated carbocycles. The van der Waals surface area contributed by atoms with E-state index in [0.29, 0.717) is 31.3 Å². The first-order valence-corrected chi connectivity index (χ1v) is 8.00. The van der Waals surface area contributed by atoms with Gasteiger partial charge in [-0.05, 0) is 43.7 Å². The van der Waals surface area contributed by atoms with Crippen molar-refractivity contribution in [3.05, 3.63) is 54.1 Å². The summed E-state index contributed by atoms with van der Waals surface area (Å²) in [5, 5.41) is 2.76. The molecular weight excluding hydrogens is 306 g/mol. The van der Waals surface area contributed by atoms with Crippen molar-refractivity contribution in [2.45, 2.75) is 13.8 Å². The average Bonchev–Trinajstić information content (AvgIpc) is 2.58. The van der Waals surface area contributed by atoms with E-state index in [-0.39, 0.29) is 12.5 Å². The minimum Gasteiger partial charge on any atom is -0.492 e. The average molecular weight is 329 g/mol. The molecule has 2 aromatic rings. The summed E-state index contributed by atoms with van der Waals surface area (Å²) in [5.74, 6) is 1.79. The molecule has 0 aliphatic rings. The monoisotopic (exact) mass is 329 g/mol. The Balaban J connectivity index is 1.68. The summed E-state index contributed by atoms with van der Waals surface area (Å²) in [4.78, 5) is 11.8. The van der Waals surface area contributed by atoms with Gasteiger partial charge in [0.15, 0.2) is 18.1 Å². The Bertz CT molecular complexity index is 657. The highest BCUT2D eigenvalue weighted by atomic mass is 16.5. The number of carbonyl (C=O) groups excluding carboxylic acids is 1. The molecular formula is C19H23NO4. The molecule has 5 heteroatoms. The Morgan fingerprint density at radius 1 is 1.00 bits per heavy atom. The van der Waals surface area contributed by atoms with Gasteiger partial charge in [0.2, 0.25) is 0 Å². The van der Waals surface area contributed by atoms with E-state index in [1.54, 1.807) is 6.07 Å². The lowest BCUT2D eigenvalue weighted by Gasteiger charge is -2.12. The summed E-state index contributed by atoms with van der Waals surface area (Å²) in [6.45, 7) is 5.22. The van der Waals surface area contributed by atoms with Crippen LogP contribution in [-0.2, 0) is 4.79 Å². The summed E-state index contributed by atoms with van der Waals surface area (Å²) in [5.41, 5.74) is 1.14. The van der Waals surface area contributed by atoms with Crippen molar-refractivity contribution in [3.8, 4) is 17.2 Å². The number of rotatable bonds is 9. The zero-order valence-electron chi connectivity index (χ0n) is 14.1. The van der Waals surface area contributed by atoms with Gasteiger partial charge < -0.3 is 19.5 Å². The van der Waals surface area contributed by atoms with E-state index in [1.165, 1.54) is 0 Å². The second-order valence-corrected chi connectivity index (χ2v) is 5.18. The van der Waals surface area contributed by atoms with Crippen LogP contribution in [0.5, 0.6) is 17.2 Å². The van der Waals surface area contributed by atoms with E-state index < -0.39 is 0 Å². The molecule has 0 atom stereocenters. The number of hydrogen-bond acceptors (Lipinski definition) is 4. The Hall–Kier alpha value is -2.69. The van der Waals surface area contributed by atoms with E-state index >= 15 is 0 Å². The van der Waals surface area contributed by atoms with Crippen LogP contribution < -0.4 is 19.5 Å². The van der Waals surface area contributed by atoms with Crippen LogP contribution in [0, 0.1) is 6.92 Å². The van der Waals surface area contributed by atoms with Crippen molar-refractivity contribution in [3.63, 3.8) is 0 Å². The normalized spacial score (nSPS) is 10.1. The third-order valence-electron chi connectivity index (χ3n) is 3.19. The van der Waals surface area contributed by atoms with Gasteiger partial charge in [0, 0.05) is 0 Å². The van der Waals surface area contributed by atoms with Crippen molar-refractivity contribution in [2.24, 2.45) is 0 Å². The lowest BCUT2D eigenvalue weighted by Crippen LogP contribution is -2.32. The minimum absolute atomic E-state index is 0.0610. The molecule has 5 nitrogen and oxygen atoms in total. The Morgan fingerprint density at radius 3 is 2.46 bits per heavy atom. The van der Waals surface area contributed by atoms with Gasteiger partial charge in [0.1, 0.15) is 12.4 Å². The van der Waals surface area contributed by atoms with Crippen molar-refractivity contribution < 1.29 is 19.0 Å². The highest BCUT2D eigenvalue weighted by Gasteiger charge is 2.07. The topological polar surface area (TPSA) is 56.8 Å². The van der Waals surface area contributed by atoms with Crippen LogP contribution in [0.3, 0.4) is 0 Å². The van der Waals surface area contributed by atoms with Crippen LogP contribution in [0.1, 0.15) is 12.5 Å². The van der Waals surface area contributed by atoms with Gasteiger partial charge in [0.05, 0.1) is 13.2 Å². The van der Waals surface area contributed by atoms with Gasteiger partial charge in [-0.2, -0.15) is 0 Å². The fraction of sp³-hybridized carbons (Fsp3) is 0.316. The summed E-state index contributed by atoms with van der Waals surface area (Å²) < 4.78 is 16.5. The summed E-state index contributed by atoms with van der Waals surface area (Å²) in [6, 6.07) is 15.1. The standard InChI is InChI=1S/C19H23NO4/c1-3-22-17-9-4-5-10-18(17)24-14-19(21)20-11-12-23-16-8-6-7-15(2)13-16/h4-10,13H,3,11-12,14H2,1-2H3,(H,20,21). The molecule has 0 spiro atoms. The Kier molecular flexibility index (Phi) is 6.95. The van der Waals surface area contributed by atoms with Gasteiger partial charge >= 0.3 is 0 Å². The van der Waals surface area contributed by atoms with E-state index in [9.17, 15) is 4.79 Å². The Labute approximate surface area is 142 Å². The molecule has 0 unspecified atom stereocenters. The fourth-order valence-corrected chi connectivity index (χ4v) is 2.10. The summed E-state index contributed by atoms with van der Waals surface area (Å²) in [7, 11) is 0. The van der Waals surface area contributed by atoms with Crippen LogP contribution in [0.4, 0.5) is 0 Å². The number of nitrogens with one attached hydrogen (secondary N) is 1. The molecule has 0 fully saturated rings. The lowest BCUT2D eigenvalue weighted by atomic mass is 10.2. The molecule has 1 amide bonds. The predicted molar refractivity (Wildman–Crippen MR) is 92.8 cm³/mol. The summed E-state index contributed by atoms with van der Waals surface area (Å²) >= 11 is 0. The SMILES string of the molecule is CCOc1ccccc1OCC(=O)NCCOc1cccc(C)c1. The van der Waals surface area contributed by atoms with Crippen LogP contribution in [0.25, 0.3) is 0 Å². The van der Waals surface area contributed by atoms with Gasteiger partial charge in [0.25, 0.3) is 5.91 Å². The number of carbonyl (C=O) groups is 1. The molecule has 0 heterocycles. The maximum absolute atomic E-state index is 11.8. The molecule has 0 bridgehead atoms. The van der Waals surface area contributed by atoms with Gasteiger partial charge in [-0.25, -0.2) is 0 Å². The van der Waals surface area contributed by atoms with E-state index in [2.05, 4.69) is 5.32 Å². The van der Waals surface area contributed by atoms with Gasteiger partial charge in [-0.3, -0.25) is 4.79 Å². The van der Waals surface area contributed by atoms with Gasteiger partial charge in [-0.15, -0.1) is 0 Å².